The Morgan fingerprint density at radius 3 is 2.22 bits per heavy atom. The second kappa shape index (κ2) is 10.8. The molecular weight excluding hydrogens is 536 g/mol. The predicted octanol–water partition coefficient (Wildman–Crippen LogP) is 5.75. The molecule has 41 heavy (non-hydrogen) atoms. The molecule has 2 N–H and O–H groups in total. The Labute approximate surface area is 246 Å². The second-order valence-electron chi connectivity index (χ2n) is 13.2. The van der Waals surface area contributed by atoms with Crippen LogP contribution in [0.15, 0.2) is 54.6 Å². The predicted molar refractivity (Wildman–Crippen MR) is 161 cm³/mol. The summed E-state index contributed by atoms with van der Waals surface area (Å²) in [5.74, 6) is 0.432. The molecule has 2 saturated heterocycles. The maximum Gasteiger partial charge on any atom is 0.268 e. The van der Waals surface area contributed by atoms with E-state index in [2.05, 4.69) is 22.4 Å². The van der Waals surface area contributed by atoms with Gasteiger partial charge < -0.3 is 20.1 Å². The van der Waals surface area contributed by atoms with Gasteiger partial charge in [0, 0.05) is 34.9 Å². The van der Waals surface area contributed by atoms with Crippen molar-refractivity contribution < 1.29 is 14.4 Å². The third-order valence-corrected chi connectivity index (χ3v) is 9.64. The summed E-state index contributed by atoms with van der Waals surface area (Å²) in [4.78, 5) is 47.8. The van der Waals surface area contributed by atoms with Crippen molar-refractivity contribution in [2.24, 2.45) is 11.3 Å². The van der Waals surface area contributed by atoms with Gasteiger partial charge in [-0.15, -0.1) is 0 Å². The summed E-state index contributed by atoms with van der Waals surface area (Å²) < 4.78 is 0. The van der Waals surface area contributed by atoms with Crippen LogP contribution in [-0.2, 0) is 9.59 Å². The molecule has 3 atom stereocenters. The molecular formula is C33H39ClN4O3. The number of para-hydroxylation sites is 1. The van der Waals surface area contributed by atoms with E-state index in [-0.39, 0.29) is 35.7 Å². The molecule has 8 heteroatoms. The van der Waals surface area contributed by atoms with Gasteiger partial charge in [0.05, 0.1) is 12.1 Å². The highest BCUT2D eigenvalue weighted by Crippen LogP contribution is 2.40. The molecule has 2 bridgehead atoms. The van der Waals surface area contributed by atoms with E-state index in [0.717, 1.165) is 48.0 Å². The number of piperazine rings is 1. The highest BCUT2D eigenvalue weighted by molar-refractivity contribution is 6.30. The molecule has 216 valence electrons. The van der Waals surface area contributed by atoms with Crippen molar-refractivity contribution in [1.29, 1.82) is 0 Å². The van der Waals surface area contributed by atoms with Gasteiger partial charge in [0.25, 0.3) is 5.91 Å². The summed E-state index contributed by atoms with van der Waals surface area (Å²) in [5, 5.41) is 4.73. The van der Waals surface area contributed by atoms with E-state index in [4.69, 9.17) is 11.6 Å². The van der Waals surface area contributed by atoms with Crippen molar-refractivity contribution in [3.63, 3.8) is 0 Å². The molecule has 1 aliphatic carbocycles. The Kier molecular flexibility index (Phi) is 7.35. The molecule has 6 rings (SSSR count). The van der Waals surface area contributed by atoms with E-state index in [1.54, 1.807) is 0 Å². The molecule has 0 unspecified atom stereocenters. The maximum absolute atomic E-state index is 13.9. The van der Waals surface area contributed by atoms with Crippen molar-refractivity contribution in [3.8, 4) is 0 Å². The lowest BCUT2D eigenvalue weighted by Crippen LogP contribution is -2.59. The molecule has 0 spiro atoms. The number of carbonyl (C=O) groups is 3. The van der Waals surface area contributed by atoms with Crippen LogP contribution in [-0.4, -0.2) is 63.7 Å². The summed E-state index contributed by atoms with van der Waals surface area (Å²) in [6, 6.07) is 17.0. The average Bonchev–Trinajstić information content (AvgIpc) is 3.69. The molecule has 2 aliphatic heterocycles. The molecule has 3 heterocycles. The van der Waals surface area contributed by atoms with Gasteiger partial charge in [-0.1, -0.05) is 62.7 Å². The smallest absolute Gasteiger partial charge is 0.268 e. The summed E-state index contributed by atoms with van der Waals surface area (Å²) in [6.07, 6.45) is 4.62. The minimum Gasteiger partial charge on any atom is -0.351 e. The number of hydrogen-bond acceptors (Lipinski definition) is 3. The fraction of sp³-hybridized carbons (Fsp3) is 0.485. The van der Waals surface area contributed by atoms with Gasteiger partial charge in [0.2, 0.25) is 11.8 Å². The molecule has 2 aromatic carbocycles. The van der Waals surface area contributed by atoms with E-state index in [0.29, 0.717) is 24.7 Å². The van der Waals surface area contributed by atoms with Crippen molar-refractivity contribution in [2.45, 2.75) is 76.9 Å². The van der Waals surface area contributed by atoms with Gasteiger partial charge in [-0.3, -0.25) is 14.4 Å². The Balaban J connectivity index is 1.07. The van der Waals surface area contributed by atoms with Gasteiger partial charge in [0.1, 0.15) is 11.7 Å². The third kappa shape index (κ3) is 5.49. The number of hydrogen-bond donors (Lipinski definition) is 2. The van der Waals surface area contributed by atoms with Crippen molar-refractivity contribution in [3.05, 3.63) is 70.9 Å². The largest absolute Gasteiger partial charge is 0.351 e. The van der Waals surface area contributed by atoms with Gasteiger partial charge in [-0.2, -0.15) is 0 Å². The minimum atomic E-state index is -0.673. The third-order valence-electron chi connectivity index (χ3n) is 9.39. The lowest BCUT2D eigenvalue weighted by molar-refractivity contribution is -0.145. The van der Waals surface area contributed by atoms with Crippen LogP contribution in [0.25, 0.3) is 10.9 Å². The summed E-state index contributed by atoms with van der Waals surface area (Å²) in [6.45, 7) is 7.05. The normalized spacial score (nSPS) is 25.0. The standard InChI is InChI=1S/C33H39ClN4O3/c1-33(2,3)29(36-30(39)28-16-23-6-4-5-7-27(23)35-28)32(41)38-19-25-17-26(38)18-37(25)31(40)22-10-8-20(9-11-22)21-12-14-24(34)15-13-21/h4-7,12-16,20,22,25-26,29,35H,8-11,17-19H2,1-3H3,(H,36,39)/t20?,22?,25-,26-,29+/m0/s1. The first-order valence-corrected chi connectivity index (χ1v) is 15.2. The van der Waals surface area contributed by atoms with Crippen LogP contribution < -0.4 is 5.32 Å². The zero-order valence-corrected chi connectivity index (χ0v) is 24.8. The number of fused-ring (bicyclic) bond motifs is 3. The van der Waals surface area contributed by atoms with Crippen LogP contribution in [0.2, 0.25) is 5.02 Å². The number of nitrogens with one attached hydrogen (secondary N) is 2. The average molecular weight is 575 g/mol. The first-order valence-electron chi connectivity index (χ1n) is 14.8. The number of halogens is 1. The zero-order chi connectivity index (χ0) is 28.9. The van der Waals surface area contributed by atoms with Crippen LogP contribution in [0, 0.1) is 11.3 Å². The number of benzene rings is 2. The minimum absolute atomic E-state index is 0.00307. The highest BCUT2D eigenvalue weighted by Gasteiger charge is 2.50. The molecule has 3 aliphatic rings. The van der Waals surface area contributed by atoms with Crippen molar-refractivity contribution in [2.75, 3.05) is 13.1 Å². The van der Waals surface area contributed by atoms with Gasteiger partial charge in [0.15, 0.2) is 0 Å². The molecule has 3 amide bonds. The lowest BCUT2D eigenvalue weighted by atomic mass is 9.78. The Bertz CT molecular complexity index is 1420. The molecule has 1 saturated carbocycles. The van der Waals surface area contributed by atoms with E-state index in [1.807, 2.05) is 73.0 Å². The maximum atomic E-state index is 13.9. The van der Waals surface area contributed by atoms with E-state index in [1.165, 1.54) is 5.56 Å². The highest BCUT2D eigenvalue weighted by atomic mass is 35.5. The van der Waals surface area contributed by atoms with E-state index in [9.17, 15) is 14.4 Å². The Morgan fingerprint density at radius 2 is 1.59 bits per heavy atom. The van der Waals surface area contributed by atoms with Crippen LogP contribution >= 0.6 is 11.6 Å². The van der Waals surface area contributed by atoms with Crippen molar-refractivity contribution >= 4 is 40.2 Å². The van der Waals surface area contributed by atoms with Gasteiger partial charge >= 0.3 is 0 Å². The van der Waals surface area contributed by atoms with E-state index >= 15 is 0 Å². The number of amides is 3. The number of likely N-dealkylation sites (tertiary alicyclic amines) is 2. The second-order valence-corrected chi connectivity index (χ2v) is 13.6. The fourth-order valence-corrected chi connectivity index (χ4v) is 7.19. The summed E-state index contributed by atoms with van der Waals surface area (Å²) in [5.41, 5.74) is 2.16. The number of H-pyrrole nitrogens is 1. The zero-order valence-electron chi connectivity index (χ0n) is 24.0. The summed E-state index contributed by atoms with van der Waals surface area (Å²) in [7, 11) is 0. The monoisotopic (exact) mass is 574 g/mol. The lowest BCUT2D eigenvalue weighted by Gasteiger charge is -2.40. The number of aromatic amines is 1. The summed E-state index contributed by atoms with van der Waals surface area (Å²) >= 11 is 6.06. The van der Waals surface area contributed by atoms with Crippen LogP contribution in [0.3, 0.4) is 0 Å². The molecule has 3 fully saturated rings. The van der Waals surface area contributed by atoms with E-state index < -0.39 is 11.5 Å². The Morgan fingerprint density at radius 1 is 0.927 bits per heavy atom. The first kappa shape index (κ1) is 27.8. The number of aromatic nitrogens is 1. The van der Waals surface area contributed by atoms with Crippen LogP contribution in [0.4, 0.5) is 0 Å². The molecule has 1 aromatic heterocycles. The number of nitrogens with zero attached hydrogens (tertiary/aromatic N) is 2. The topological polar surface area (TPSA) is 85.5 Å². The van der Waals surface area contributed by atoms with Gasteiger partial charge in [-0.25, -0.2) is 0 Å². The molecule has 0 radical (unpaired) electrons. The van der Waals surface area contributed by atoms with Gasteiger partial charge in [-0.05, 0) is 73.3 Å². The van der Waals surface area contributed by atoms with Crippen LogP contribution in [0.5, 0.6) is 0 Å². The van der Waals surface area contributed by atoms with Crippen LogP contribution in [0.1, 0.15) is 74.8 Å². The number of carbonyl (C=O) groups excluding carboxylic acids is 3. The molecule has 3 aromatic rings. The fourth-order valence-electron chi connectivity index (χ4n) is 7.07. The SMILES string of the molecule is CC(C)(C)[C@H](NC(=O)c1cc2ccccc2[nH]1)C(=O)N1C[C@@H]2C[C@H]1CN2C(=O)C1CCC(c2ccc(Cl)cc2)CC1. The number of rotatable bonds is 5. The van der Waals surface area contributed by atoms with Crippen molar-refractivity contribution in [1.82, 2.24) is 20.1 Å². The quantitative estimate of drug-likeness (QED) is 0.407. The first-order chi connectivity index (χ1) is 19.6. The Hall–Kier alpha value is -3.32. The molecule has 7 nitrogen and oxygen atoms in total.